The van der Waals surface area contributed by atoms with Crippen LogP contribution < -0.4 is 0 Å². The van der Waals surface area contributed by atoms with Crippen LogP contribution in [0.5, 0.6) is 0 Å². The topological polar surface area (TPSA) is 88.6 Å². The molecular formula is C23H28N4O2. The monoisotopic (exact) mass is 392 g/mol. The molecule has 1 heterocycles. The van der Waals surface area contributed by atoms with E-state index in [9.17, 15) is 9.59 Å². The van der Waals surface area contributed by atoms with Crippen molar-refractivity contribution in [2.24, 2.45) is 11.8 Å². The molecule has 1 saturated carbocycles. The van der Waals surface area contributed by atoms with Gasteiger partial charge in [0.2, 0.25) is 0 Å². The van der Waals surface area contributed by atoms with Gasteiger partial charge in [0, 0.05) is 25.2 Å². The first-order chi connectivity index (χ1) is 14.1. The molecule has 29 heavy (non-hydrogen) atoms. The lowest BCUT2D eigenvalue weighted by atomic mass is 9.91. The van der Waals surface area contributed by atoms with E-state index in [0.29, 0.717) is 18.6 Å². The fourth-order valence-corrected chi connectivity index (χ4v) is 3.82. The molecular weight excluding hydrogens is 364 g/mol. The summed E-state index contributed by atoms with van der Waals surface area (Å²) >= 11 is 0. The highest BCUT2D eigenvalue weighted by atomic mass is 16.1. The van der Waals surface area contributed by atoms with Gasteiger partial charge in [0.25, 0.3) is 0 Å². The summed E-state index contributed by atoms with van der Waals surface area (Å²) in [4.78, 5) is 24.6. The van der Waals surface area contributed by atoms with Crippen LogP contribution in [0, 0.1) is 18.8 Å². The van der Waals surface area contributed by atoms with Crippen LogP contribution in [-0.2, 0) is 22.4 Å². The number of aromatic amines is 1. The highest BCUT2D eigenvalue weighted by Gasteiger charge is 2.31. The largest absolute Gasteiger partial charge is 0.299 e. The van der Waals surface area contributed by atoms with Gasteiger partial charge in [0.1, 0.15) is 11.6 Å². The van der Waals surface area contributed by atoms with Gasteiger partial charge in [-0.25, -0.2) is 5.10 Å². The maximum absolute atomic E-state index is 12.3. The van der Waals surface area contributed by atoms with Gasteiger partial charge in [0.05, 0.1) is 0 Å². The third-order valence-electron chi connectivity index (χ3n) is 5.37. The highest BCUT2D eigenvalue weighted by molar-refractivity contribution is 5.91. The first kappa shape index (κ1) is 20.8. The number of Topliss-reactive ketones (excluding diaryl/α,β-unsaturated/α-hetero) is 1. The van der Waals surface area contributed by atoms with Gasteiger partial charge in [-0.05, 0) is 60.6 Å². The third kappa shape index (κ3) is 6.59. The Balaban J connectivity index is 1.44. The van der Waals surface area contributed by atoms with Crippen molar-refractivity contribution in [1.82, 2.24) is 20.6 Å². The fourth-order valence-electron chi connectivity index (χ4n) is 3.82. The molecule has 1 aliphatic carbocycles. The van der Waals surface area contributed by atoms with Crippen LogP contribution in [-0.4, -0.2) is 32.2 Å². The van der Waals surface area contributed by atoms with Crippen molar-refractivity contribution in [3.63, 3.8) is 0 Å². The van der Waals surface area contributed by atoms with Crippen molar-refractivity contribution in [3.8, 4) is 0 Å². The maximum atomic E-state index is 12.3. The second-order valence-corrected chi connectivity index (χ2v) is 7.71. The summed E-state index contributed by atoms with van der Waals surface area (Å²) in [6.45, 7) is 2.03. The predicted octanol–water partition coefficient (Wildman–Crippen LogP) is 3.74. The van der Waals surface area contributed by atoms with Crippen LogP contribution in [0.3, 0.4) is 0 Å². The summed E-state index contributed by atoms with van der Waals surface area (Å²) < 4.78 is 0. The van der Waals surface area contributed by atoms with Crippen molar-refractivity contribution in [1.29, 1.82) is 0 Å². The zero-order valence-corrected chi connectivity index (χ0v) is 16.9. The van der Waals surface area contributed by atoms with Crippen LogP contribution in [0.4, 0.5) is 0 Å². The Hall–Kier alpha value is -2.89. The van der Waals surface area contributed by atoms with E-state index in [1.54, 1.807) is 6.08 Å². The summed E-state index contributed by atoms with van der Waals surface area (Å²) in [5.41, 5.74) is 2.19. The molecule has 2 aromatic rings. The number of aromatic nitrogens is 4. The van der Waals surface area contributed by atoms with Crippen molar-refractivity contribution >= 4 is 11.6 Å². The number of carbonyl (C=O) groups excluding carboxylic acids is 2. The number of hydrogen-bond acceptors (Lipinski definition) is 5. The SMILES string of the molecule is Cc1cccc(CC(=O)C=C[C@H]2CCC(=O)[C@@H]2C/C=C\CCCc2nnn[nH]2)c1. The first-order valence-electron chi connectivity index (χ1n) is 10.3. The number of unbranched alkanes of at least 4 members (excludes halogenated alkanes) is 1. The minimum atomic E-state index is -0.00672. The molecule has 0 amide bonds. The molecule has 1 aromatic carbocycles. The van der Waals surface area contributed by atoms with E-state index in [0.717, 1.165) is 49.1 Å². The standard InChI is InChI=1S/C23H28N4O2/c1-17-7-6-8-18(15-17)16-20(28)13-11-19-12-14-22(29)21(19)9-4-2-3-5-10-23-24-26-27-25-23/h2,4,6-8,11,13,15,19,21H,3,5,9-10,12,14,16H2,1H3,(H,24,25,26,27)/b4-2-,13-11?/t19-,21+/m0/s1. The number of carbonyl (C=O) groups is 2. The lowest BCUT2D eigenvalue weighted by Crippen LogP contribution is -2.12. The van der Waals surface area contributed by atoms with E-state index in [-0.39, 0.29) is 17.6 Å². The zero-order chi connectivity index (χ0) is 20.5. The maximum Gasteiger partial charge on any atom is 0.159 e. The molecule has 2 atom stereocenters. The Morgan fingerprint density at radius 3 is 3.00 bits per heavy atom. The number of hydrogen-bond donors (Lipinski definition) is 1. The van der Waals surface area contributed by atoms with Crippen LogP contribution in [0.15, 0.2) is 48.6 Å². The van der Waals surface area contributed by atoms with Crippen LogP contribution in [0.2, 0.25) is 0 Å². The molecule has 152 valence electrons. The Labute approximate surface area is 171 Å². The second kappa shape index (κ2) is 10.6. The molecule has 6 heteroatoms. The molecule has 1 fully saturated rings. The van der Waals surface area contributed by atoms with Crippen molar-refractivity contribution in [3.05, 3.63) is 65.5 Å². The molecule has 0 saturated heterocycles. The molecule has 0 aliphatic heterocycles. The molecule has 1 N–H and O–H groups in total. The molecule has 0 unspecified atom stereocenters. The molecule has 0 radical (unpaired) electrons. The van der Waals surface area contributed by atoms with E-state index < -0.39 is 0 Å². The number of tetrazole rings is 1. The average Bonchev–Trinajstić information content (AvgIpc) is 3.33. The number of nitrogens with one attached hydrogen (secondary N) is 1. The van der Waals surface area contributed by atoms with Crippen LogP contribution in [0.1, 0.15) is 49.1 Å². The second-order valence-electron chi connectivity index (χ2n) is 7.71. The molecule has 6 nitrogen and oxygen atoms in total. The van der Waals surface area contributed by atoms with Gasteiger partial charge in [-0.3, -0.25) is 9.59 Å². The number of benzene rings is 1. The summed E-state index contributed by atoms with van der Waals surface area (Å²) in [5, 5.41) is 13.7. The minimum absolute atomic E-state index is 0.00672. The number of allylic oxidation sites excluding steroid dienone is 4. The van der Waals surface area contributed by atoms with Crippen molar-refractivity contribution in [2.75, 3.05) is 0 Å². The molecule has 3 rings (SSSR count). The van der Waals surface area contributed by atoms with E-state index >= 15 is 0 Å². The smallest absolute Gasteiger partial charge is 0.159 e. The normalized spacial score (nSPS) is 19.6. The lowest BCUT2D eigenvalue weighted by molar-refractivity contribution is -0.121. The van der Waals surface area contributed by atoms with E-state index in [4.69, 9.17) is 0 Å². The zero-order valence-electron chi connectivity index (χ0n) is 16.9. The van der Waals surface area contributed by atoms with E-state index in [2.05, 4.69) is 32.8 Å². The van der Waals surface area contributed by atoms with Crippen molar-refractivity contribution < 1.29 is 9.59 Å². The number of rotatable bonds is 10. The van der Waals surface area contributed by atoms with Crippen molar-refractivity contribution in [2.45, 2.75) is 51.9 Å². The summed E-state index contributed by atoms with van der Waals surface area (Å²) in [6, 6.07) is 8.02. The number of aryl methyl sites for hydroxylation is 2. The molecule has 0 bridgehead atoms. The molecule has 1 aromatic heterocycles. The van der Waals surface area contributed by atoms with Gasteiger partial charge in [0.15, 0.2) is 5.78 Å². The Bertz CT molecular complexity index is 871. The van der Waals surface area contributed by atoms with Crippen LogP contribution >= 0.6 is 0 Å². The Kier molecular flexibility index (Phi) is 7.61. The highest BCUT2D eigenvalue weighted by Crippen LogP contribution is 2.32. The van der Waals surface area contributed by atoms with Crippen LogP contribution in [0.25, 0.3) is 0 Å². The van der Waals surface area contributed by atoms with Gasteiger partial charge < -0.3 is 0 Å². The summed E-state index contributed by atoms with van der Waals surface area (Å²) in [5.74, 6) is 1.35. The predicted molar refractivity (Wildman–Crippen MR) is 111 cm³/mol. The summed E-state index contributed by atoms with van der Waals surface area (Å²) in [6.07, 6.45) is 13.2. The quantitative estimate of drug-likeness (QED) is 0.378. The fraction of sp³-hybridized carbons (Fsp3) is 0.435. The van der Waals surface area contributed by atoms with Gasteiger partial charge in [-0.2, -0.15) is 0 Å². The minimum Gasteiger partial charge on any atom is -0.299 e. The first-order valence-corrected chi connectivity index (χ1v) is 10.3. The van der Waals surface area contributed by atoms with E-state index in [1.165, 1.54) is 0 Å². The summed E-state index contributed by atoms with van der Waals surface area (Å²) in [7, 11) is 0. The Morgan fingerprint density at radius 2 is 2.21 bits per heavy atom. The third-order valence-corrected chi connectivity index (χ3v) is 5.37. The average molecular weight is 393 g/mol. The number of ketones is 2. The van der Waals surface area contributed by atoms with Gasteiger partial charge in [-0.1, -0.05) is 48.1 Å². The number of H-pyrrole nitrogens is 1. The molecule has 0 spiro atoms. The van der Waals surface area contributed by atoms with Gasteiger partial charge >= 0.3 is 0 Å². The van der Waals surface area contributed by atoms with E-state index in [1.807, 2.05) is 37.3 Å². The van der Waals surface area contributed by atoms with Gasteiger partial charge in [-0.15, -0.1) is 5.10 Å². The number of nitrogens with zero attached hydrogens (tertiary/aromatic N) is 3. The molecule has 1 aliphatic rings. The lowest BCUT2D eigenvalue weighted by Gasteiger charge is -2.12. The Morgan fingerprint density at radius 1 is 1.31 bits per heavy atom.